The van der Waals surface area contributed by atoms with Crippen molar-refractivity contribution in [2.45, 2.75) is 6.54 Å². The Hall–Kier alpha value is -2.33. The van der Waals surface area contributed by atoms with E-state index in [1.807, 2.05) is 48.5 Å². The van der Waals surface area contributed by atoms with Crippen molar-refractivity contribution in [3.8, 4) is 5.75 Å². The minimum absolute atomic E-state index is 0.0905. The van der Waals surface area contributed by atoms with Crippen molar-refractivity contribution < 1.29 is 9.53 Å². The van der Waals surface area contributed by atoms with Crippen LogP contribution in [-0.2, 0) is 6.54 Å². The van der Waals surface area contributed by atoms with Crippen molar-refractivity contribution in [3.63, 3.8) is 0 Å². The zero-order valence-electron chi connectivity index (χ0n) is 12.7. The van der Waals surface area contributed by atoms with E-state index in [-0.39, 0.29) is 5.91 Å². The van der Waals surface area contributed by atoms with Gasteiger partial charge in [-0.1, -0.05) is 30.3 Å². The SMILES string of the molecule is COc1ccc2cc(CNC(=O)c3ccccc3Br)ccc2c1. The van der Waals surface area contributed by atoms with E-state index in [1.165, 1.54) is 0 Å². The summed E-state index contributed by atoms with van der Waals surface area (Å²) >= 11 is 3.40. The summed E-state index contributed by atoms with van der Waals surface area (Å²) in [7, 11) is 1.66. The topological polar surface area (TPSA) is 38.3 Å². The molecule has 0 radical (unpaired) electrons. The van der Waals surface area contributed by atoms with Gasteiger partial charge in [-0.15, -0.1) is 0 Å². The number of carbonyl (C=O) groups excluding carboxylic acids is 1. The highest BCUT2D eigenvalue weighted by Gasteiger charge is 2.08. The molecule has 0 aliphatic heterocycles. The molecule has 0 saturated heterocycles. The molecule has 0 aromatic heterocycles. The van der Waals surface area contributed by atoms with E-state index in [0.717, 1.165) is 26.6 Å². The molecule has 0 atom stereocenters. The molecule has 0 saturated carbocycles. The molecular formula is C19H16BrNO2. The smallest absolute Gasteiger partial charge is 0.252 e. The van der Waals surface area contributed by atoms with Crippen LogP contribution in [0.2, 0.25) is 0 Å². The number of halogens is 1. The van der Waals surface area contributed by atoms with Gasteiger partial charge in [-0.3, -0.25) is 4.79 Å². The Balaban J connectivity index is 1.74. The number of amides is 1. The van der Waals surface area contributed by atoms with Crippen LogP contribution in [0.5, 0.6) is 5.75 Å². The summed E-state index contributed by atoms with van der Waals surface area (Å²) in [5.74, 6) is 0.750. The molecule has 0 heterocycles. The lowest BCUT2D eigenvalue weighted by Gasteiger charge is -2.08. The van der Waals surface area contributed by atoms with Crippen molar-refractivity contribution in [2.24, 2.45) is 0 Å². The molecule has 3 rings (SSSR count). The molecule has 3 aromatic carbocycles. The highest BCUT2D eigenvalue weighted by atomic mass is 79.9. The van der Waals surface area contributed by atoms with Crippen molar-refractivity contribution in [1.29, 1.82) is 0 Å². The fourth-order valence-corrected chi connectivity index (χ4v) is 2.90. The summed E-state index contributed by atoms with van der Waals surface area (Å²) in [6.45, 7) is 0.488. The van der Waals surface area contributed by atoms with Crippen molar-refractivity contribution in [1.82, 2.24) is 5.32 Å². The van der Waals surface area contributed by atoms with Crippen LogP contribution in [0.1, 0.15) is 15.9 Å². The summed E-state index contributed by atoms with van der Waals surface area (Å²) in [6, 6.07) is 19.5. The molecule has 4 heteroatoms. The molecule has 0 unspecified atom stereocenters. The van der Waals surface area contributed by atoms with Crippen molar-refractivity contribution in [3.05, 3.63) is 76.3 Å². The van der Waals surface area contributed by atoms with Gasteiger partial charge < -0.3 is 10.1 Å². The summed E-state index contributed by atoms with van der Waals surface area (Å²) in [4.78, 5) is 12.2. The Morgan fingerprint density at radius 1 is 1.04 bits per heavy atom. The quantitative estimate of drug-likeness (QED) is 0.732. The van der Waals surface area contributed by atoms with Crippen LogP contribution >= 0.6 is 15.9 Å². The number of benzene rings is 3. The molecule has 3 aromatic rings. The van der Waals surface area contributed by atoms with E-state index in [4.69, 9.17) is 4.74 Å². The van der Waals surface area contributed by atoms with Crippen LogP contribution in [0.25, 0.3) is 10.8 Å². The van der Waals surface area contributed by atoms with E-state index in [2.05, 4.69) is 27.3 Å². The third kappa shape index (κ3) is 3.54. The maximum absolute atomic E-state index is 12.2. The lowest BCUT2D eigenvalue weighted by atomic mass is 10.1. The molecule has 0 aliphatic carbocycles. The number of hydrogen-bond acceptors (Lipinski definition) is 2. The predicted octanol–water partition coefficient (Wildman–Crippen LogP) is 4.54. The lowest BCUT2D eigenvalue weighted by molar-refractivity contribution is 0.0950. The molecule has 0 bridgehead atoms. The van der Waals surface area contributed by atoms with Gasteiger partial charge in [0, 0.05) is 11.0 Å². The van der Waals surface area contributed by atoms with Gasteiger partial charge in [-0.25, -0.2) is 0 Å². The summed E-state index contributed by atoms with van der Waals surface area (Å²) in [5, 5.41) is 5.19. The van der Waals surface area contributed by atoms with Gasteiger partial charge in [0.1, 0.15) is 5.75 Å². The first-order valence-corrected chi connectivity index (χ1v) is 8.06. The molecule has 0 aliphatic rings. The minimum atomic E-state index is -0.0905. The van der Waals surface area contributed by atoms with Crippen LogP contribution in [-0.4, -0.2) is 13.0 Å². The second kappa shape index (κ2) is 6.84. The first-order chi connectivity index (χ1) is 11.2. The number of fused-ring (bicyclic) bond motifs is 1. The van der Waals surface area contributed by atoms with Gasteiger partial charge in [0.05, 0.1) is 12.7 Å². The Morgan fingerprint density at radius 2 is 1.78 bits per heavy atom. The highest BCUT2D eigenvalue weighted by molar-refractivity contribution is 9.10. The second-order valence-electron chi connectivity index (χ2n) is 5.21. The van der Waals surface area contributed by atoms with Crippen molar-refractivity contribution in [2.75, 3.05) is 7.11 Å². The van der Waals surface area contributed by atoms with Gasteiger partial charge in [-0.05, 0) is 62.6 Å². The maximum Gasteiger partial charge on any atom is 0.252 e. The number of methoxy groups -OCH3 is 1. The predicted molar refractivity (Wildman–Crippen MR) is 95.8 cm³/mol. The Morgan fingerprint density at radius 3 is 2.57 bits per heavy atom. The maximum atomic E-state index is 12.2. The van der Waals surface area contributed by atoms with Crippen molar-refractivity contribution >= 4 is 32.6 Å². The second-order valence-corrected chi connectivity index (χ2v) is 6.06. The number of hydrogen-bond donors (Lipinski definition) is 1. The zero-order chi connectivity index (χ0) is 16.2. The Bertz CT molecular complexity index is 861. The first-order valence-electron chi connectivity index (χ1n) is 7.27. The van der Waals surface area contributed by atoms with Gasteiger partial charge >= 0.3 is 0 Å². The largest absolute Gasteiger partial charge is 0.497 e. The fourth-order valence-electron chi connectivity index (χ4n) is 2.43. The van der Waals surface area contributed by atoms with E-state index in [0.29, 0.717) is 12.1 Å². The molecule has 0 fully saturated rings. The minimum Gasteiger partial charge on any atom is -0.497 e. The summed E-state index contributed by atoms with van der Waals surface area (Å²) in [6.07, 6.45) is 0. The van der Waals surface area contributed by atoms with Crippen LogP contribution in [0.4, 0.5) is 0 Å². The summed E-state index contributed by atoms with van der Waals surface area (Å²) < 4.78 is 6.02. The summed E-state index contributed by atoms with van der Waals surface area (Å²) in [5.41, 5.74) is 1.70. The average Bonchev–Trinajstić information content (AvgIpc) is 2.59. The molecule has 116 valence electrons. The molecule has 1 N–H and O–H groups in total. The van der Waals surface area contributed by atoms with E-state index in [1.54, 1.807) is 13.2 Å². The Labute approximate surface area is 143 Å². The van der Waals surface area contributed by atoms with Crippen LogP contribution in [0.3, 0.4) is 0 Å². The van der Waals surface area contributed by atoms with Crippen LogP contribution in [0, 0.1) is 0 Å². The third-order valence-electron chi connectivity index (χ3n) is 3.68. The average molecular weight is 370 g/mol. The molecule has 1 amide bonds. The molecular weight excluding hydrogens is 354 g/mol. The van der Waals surface area contributed by atoms with E-state index in [9.17, 15) is 4.79 Å². The van der Waals surface area contributed by atoms with Crippen LogP contribution < -0.4 is 10.1 Å². The Kier molecular flexibility index (Phi) is 4.63. The number of ether oxygens (including phenoxy) is 1. The van der Waals surface area contributed by atoms with Gasteiger partial charge in [0.15, 0.2) is 0 Å². The molecule has 3 nitrogen and oxygen atoms in total. The third-order valence-corrected chi connectivity index (χ3v) is 4.37. The number of rotatable bonds is 4. The van der Waals surface area contributed by atoms with Gasteiger partial charge in [0.2, 0.25) is 0 Å². The highest BCUT2D eigenvalue weighted by Crippen LogP contribution is 2.22. The van der Waals surface area contributed by atoms with Gasteiger partial charge in [-0.2, -0.15) is 0 Å². The molecule has 23 heavy (non-hydrogen) atoms. The van der Waals surface area contributed by atoms with Gasteiger partial charge in [0.25, 0.3) is 5.91 Å². The monoisotopic (exact) mass is 369 g/mol. The normalized spacial score (nSPS) is 10.5. The van der Waals surface area contributed by atoms with Crippen LogP contribution in [0.15, 0.2) is 65.1 Å². The van der Waals surface area contributed by atoms with E-state index >= 15 is 0 Å². The molecule has 0 spiro atoms. The lowest BCUT2D eigenvalue weighted by Crippen LogP contribution is -2.23. The fraction of sp³-hybridized carbons (Fsp3) is 0.105. The standard InChI is InChI=1S/C19H16BrNO2/c1-23-16-9-8-14-10-13(6-7-15(14)11-16)12-21-19(22)17-4-2-3-5-18(17)20/h2-11H,12H2,1H3,(H,21,22). The van der Waals surface area contributed by atoms with E-state index < -0.39 is 0 Å². The number of carbonyl (C=O) groups is 1. The zero-order valence-corrected chi connectivity index (χ0v) is 14.3. The first kappa shape index (κ1) is 15.6. The number of nitrogens with one attached hydrogen (secondary N) is 1.